The lowest BCUT2D eigenvalue weighted by Gasteiger charge is -2.09. The van der Waals surface area contributed by atoms with Gasteiger partial charge in [0.1, 0.15) is 17.1 Å². The van der Waals surface area contributed by atoms with Crippen LogP contribution in [-0.4, -0.2) is 29.5 Å². The number of hydrogen-bond acceptors (Lipinski definition) is 7. The molecule has 158 valence electrons. The molecule has 4 heterocycles. The summed E-state index contributed by atoms with van der Waals surface area (Å²) in [5, 5.41) is 6.14. The van der Waals surface area contributed by atoms with Gasteiger partial charge in [0.05, 0.1) is 35.3 Å². The second-order valence-corrected chi connectivity index (χ2v) is 7.26. The Morgan fingerprint density at radius 1 is 1.19 bits per heavy atom. The van der Waals surface area contributed by atoms with Gasteiger partial charge in [0.2, 0.25) is 0 Å². The van der Waals surface area contributed by atoms with Gasteiger partial charge in [0.25, 0.3) is 5.56 Å². The average molecular weight is 426 g/mol. The van der Waals surface area contributed by atoms with Crippen molar-refractivity contribution in [3.05, 3.63) is 88.0 Å². The molecule has 0 aliphatic carbocycles. The number of imidazole rings is 2. The van der Waals surface area contributed by atoms with Gasteiger partial charge in [0.15, 0.2) is 0 Å². The first kappa shape index (κ1) is 19.4. The zero-order valence-corrected chi connectivity index (χ0v) is 17.0. The van der Waals surface area contributed by atoms with Crippen molar-refractivity contribution in [3.63, 3.8) is 0 Å². The van der Waals surface area contributed by atoms with Crippen molar-refractivity contribution in [2.75, 3.05) is 5.32 Å². The minimum absolute atomic E-state index is 0.280. The van der Waals surface area contributed by atoms with E-state index in [0.717, 1.165) is 22.3 Å². The smallest absolute Gasteiger partial charge is 0.261 e. The number of H-pyrrole nitrogens is 2. The number of fused-ring (bicyclic) bond motifs is 1. The van der Waals surface area contributed by atoms with Gasteiger partial charge >= 0.3 is 0 Å². The summed E-state index contributed by atoms with van der Waals surface area (Å²) in [5.41, 5.74) is 5.12. The molecule has 0 bridgehead atoms. The fourth-order valence-electron chi connectivity index (χ4n) is 3.62. The fourth-order valence-corrected chi connectivity index (χ4v) is 3.62. The third-order valence-corrected chi connectivity index (χ3v) is 5.13. The van der Waals surface area contributed by atoms with Crippen LogP contribution in [0.5, 0.6) is 0 Å². The molecule has 0 radical (unpaired) electrons. The van der Waals surface area contributed by atoms with Crippen LogP contribution in [0.1, 0.15) is 11.3 Å². The molecule has 0 aliphatic rings. The van der Waals surface area contributed by atoms with Gasteiger partial charge in [0, 0.05) is 30.5 Å². The highest BCUT2D eigenvalue weighted by molar-refractivity contribution is 5.86. The lowest BCUT2D eigenvalue weighted by Crippen LogP contribution is -2.13. The van der Waals surface area contributed by atoms with E-state index in [1.807, 2.05) is 29.8 Å². The van der Waals surface area contributed by atoms with Crippen LogP contribution in [0.15, 0.2) is 71.4 Å². The maximum atomic E-state index is 12.7. The Bertz CT molecular complexity index is 1480. The molecule has 0 unspecified atom stereocenters. The zero-order chi connectivity index (χ0) is 22.1. The average Bonchev–Trinajstić information content (AvgIpc) is 3.48. The van der Waals surface area contributed by atoms with Crippen LogP contribution in [0.3, 0.4) is 0 Å². The summed E-state index contributed by atoms with van der Waals surface area (Å²) in [4.78, 5) is 42.5. The molecule has 5 aromatic rings. The van der Waals surface area contributed by atoms with Crippen LogP contribution in [0.2, 0.25) is 0 Å². The van der Waals surface area contributed by atoms with Crippen LogP contribution in [0.25, 0.3) is 28.1 Å². The number of nitrogens with one attached hydrogen (secondary N) is 3. The second kappa shape index (κ2) is 7.91. The number of nitroso groups, excluding NO2 is 1. The van der Waals surface area contributed by atoms with Crippen LogP contribution < -0.4 is 10.9 Å². The van der Waals surface area contributed by atoms with E-state index in [9.17, 15) is 9.70 Å². The van der Waals surface area contributed by atoms with Crippen molar-refractivity contribution in [2.24, 2.45) is 5.18 Å². The predicted molar refractivity (Wildman–Crippen MR) is 121 cm³/mol. The molecule has 0 saturated heterocycles. The Hall–Kier alpha value is -4.60. The van der Waals surface area contributed by atoms with E-state index >= 15 is 0 Å². The van der Waals surface area contributed by atoms with Crippen LogP contribution in [0.4, 0.5) is 11.4 Å². The number of anilines is 1. The lowest BCUT2D eigenvalue weighted by atomic mass is 10.2. The number of nitrogens with zero attached hydrogens (tertiary/aromatic N) is 5. The molecule has 5 rings (SSSR count). The highest BCUT2D eigenvalue weighted by Gasteiger charge is 2.16. The lowest BCUT2D eigenvalue weighted by molar-refractivity contribution is 1.04. The minimum Gasteiger partial charge on any atom is -0.379 e. The Kier molecular flexibility index (Phi) is 4.79. The first-order valence-electron chi connectivity index (χ1n) is 9.85. The van der Waals surface area contributed by atoms with Crippen LogP contribution >= 0.6 is 0 Å². The molecule has 3 N–H and O–H groups in total. The highest BCUT2D eigenvalue weighted by atomic mass is 16.3. The monoisotopic (exact) mass is 426 g/mol. The molecule has 0 saturated carbocycles. The Balaban J connectivity index is 1.53. The van der Waals surface area contributed by atoms with Crippen LogP contribution in [-0.2, 0) is 6.54 Å². The van der Waals surface area contributed by atoms with Gasteiger partial charge in [-0.15, -0.1) is 4.91 Å². The predicted octanol–water partition coefficient (Wildman–Crippen LogP) is 3.82. The summed E-state index contributed by atoms with van der Waals surface area (Å²) in [6.07, 6.45) is 8.40. The van der Waals surface area contributed by atoms with E-state index < -0.39 is 0 Å². The van der Waals surface area contributed by atoms with Gasteiger partial charge in [-0.3, -0.25) is 9.78 Å². The minimum atomic E-state index is -0.280. The molecule has 0 amide bonds. The molecule has 10 heteroatoms. The molecular weight excluding hydrogens is 408 g/mol. The maximum absolute atomic E-state index is 12.7. The SMILES string of the molecule is Cc1cc(-n2ccnc2)cc2[nH]c(-c3c(NCc4cc(N=O)ccn4)cc[nH]c3=O)nc12. The topological polar surface area (TPSA) is 134 Å². The third kappa shape index (κ3) is 3.54. The maximum Gasteiger partial charge on any atom is 0.261 e. The van der Waals surface area contributed by atoms with E-state index in [2.05, 4.69) is 30.4 Å². The Morgan fingerprint density at radius 3 is 2.91 bits per heavy atom. The molecule has 0 atom stereocenters. The summed E-state index contributed by atoms with van der Waals surface area (Å²) < 4.78 is 1.91. The van der Waals surface area contributed by atoms with Gasteiger partial charge in [-0.1, -0.05) is 0 Å². The van der Waals surface area contributed by atoms with Gasteiger partial charge in [-0.2, -0.15) is 0 Å². The molecule has 32 heavy (non-hydrogen) atoms. The molecular formula is C22H18N8O2. The number of pyridine rings is 2. The summed E-state index contributed by atoms with van der Waals surface area (Å²) >= 11 is 0. The summed E-state index contributed by atoms with van der Waals surface area (Å²) in [7, 11) is 0. The Morgan fingerprint density at radius 2 is 2.09 bits per heavy atom. The third-order valence-electron chi connectivity index (χ3n) is 5.13. The number of aryl methyl sites for hydroxylation is 1. The van der Waals surface area contributed by atoms with Crippen molar-refractivity contribution in [3.8, 4) is 17.1 Å². The largest absolute Gasteiger partial charge is 0.379 e. The van der Waals surface area contributed by atoms with E-state index in [4.69, 9.17) is 4.98 Å². The summed E-state index contributed by atoms with van der Waals surface area (Å²) in [6, 6.07) is 8.86. The first-order chi connectivity index (χ1) is 15.6. The van der Waals surface area contributed by atoms with E-state index in [-0.39, 0.29) is 5.56 Å². The highest BCUT2D eigenvalue weighted by Crippen LogP contribution is 2.27. The van der Waals surface area contributed by atoms with Gasteiger partial charge in [-0.25, -0.2) is 9.97 Å². The van der Waals surface area contributed by atoms with E-state index in [1.165, 1.54) is 12.3 Å². The zero-order valence-electron chi connectivity index (χ0n) is 17.0. The normalized spacial score (nSPS) is 11.0. The second-order valence-electron chi connectivity index (χ2n) is 7.26. The summed E-state index contributed by atoms with van der Waals surface area (Å²) in [6.45, 7) is 2.28. The fraction of sp³-hybridized carbons (Fsp3) is 0.0909. The number of benzene rings is 1. The van der Waals surface area contributed by atoms with Crippen molar-refractivity contribution in [1.29, 1.82) is 0 Å². The molecule has 0 aliphatic heterocycles. The van der Waals surface area contributed by atoms with E-state index in [1.54, 1.807) is 30.9 Å². The first-order valence-corrected chi connectivity index (χ1v) is 9.85. The molecule has 0 fully saturated rings. The number of rotatable bonds is 6. The number of aromatic amines is 2. The van der Waals surface area contributed by atoms with E-state index in [0.29, 0.717) is 35.0 Å². The van der Waals surface area contributed by atoms with Crippen molar-refractivity contribution < 1.29 is 0 Å². The van der Waals surface area contributed by atoms with Crippen LogP contribution in [0, 0.1) is 11.8 Å². The number of hydrogen-bond donors (Lipinski definition) is 3. The van der Waals surface area contributed by atoms with Crippen molar-refractivity contribution >= 4 is 22.4 Å². The van der Waals surface area contributed by atoms with Gasteiger partial charge < -0.3 is 19.9 Å². The number of aromatic nitrogens is 6. The Labute approximate surface area is 181 Å². The quantitative estimate of drug-likeness (QED) is 0.354. The standard InChI is InChI=1S/C22H18N8O2/c1-13-8-16(30-7-6-23-12-30)10-18-20(13)28-21(27-18)19-17(3-5-25-22(19)31)26-11-15-9-14(29-32)2-4-24-15/h2-10,12H,11H2,1H3,(H,27,28)(H2,25,26,31). The molecule has 4 aromatic heterocycles. The molecule has 10 nitrogen and oxygen atoms in total. The molecule has 0 spiro atoms. The van der Waals surface area contributed by atoms with Gasteiger partial charge in [-0.05, 0) is 48.0 Å². The summed E-state index contributed by atoms with van der Waals surface area (Å²) in [5.74, 6) is 0.450. The molecule has 1 aromatic carbocycles. The van der Waals surface area contributed by atoms with Crippen molar-refractivity contribution in [1.82, 2.24) is 29.5 Å². The van der Waals surface area contributed by atoms with Crippen molar-refractivity contribution in [2.45, 2.75) is 13.5 Å².